The summed E-state index contributed by atoms with van der Waals surface area (Å²) in [5, 5.41) is 5.06. The first kappa shape index (κ1) is 21.0. The molecule has 0 saturated heterocycles. The predicted octanol–water partition coefficient (Wildman–Crippen LogP) is 9.55. The average Bonchev–Trinajstić information content (AvgIpc) is 3.49. The number of fused-ring (bicyclic) bond motifs is 6. The second kappa shape index (κ2) is 8.22. The monoisotopic (exact) mass is 484 g/mol. The van der Waals surface area contributed by atoms with Crippen LogP contribution in [0.2, 0.25) is 0 Å². The van der Waals surface area contributed by atoms with Crippen molar-refractivity contribution in [3.63, 3.8) is 0 Å². The highest BCUT2D eigenvalue weighted by Crippen LogP contribution is 2.39. The van der Waals surface area contributed by atoms with Gasteiger partial charge in [0, 0.05) is 32.9 Å². The van der Waals surface area contributed by atoms with Crippen LogP contribution in [0, 0.1) is 0 Å². The molecule has 0 N–H and O–H groups in total. The molecule has 0 aliphatic heterocycles. The Morgan fingerprint density at radius 3 is 1.26 bits per heavy atom. The van der Waals surface area contributed by atoms with Crippen molar-refractivity contribution >= 4 is 43.6 Å². The van der Waals surface area contributed by atoms with Crippen LogP contribution in [0.3, 0.4) is 0 Å². The molecule has 0 unspecified atom stereocenters. The van der Waals surface area contributed by atoms with Gasteiger partial charge in [0.2, 0.25) is 0 Å². The zero-order valence-corrected chi connectivity index (χ0v) is 20.8. The summed E-state index contributed by atoms with van der Waals surface area (Å²) >= 11 is 0. The van der Waals surface area contributed by atoms with Gasteiger partial charge in [0.05, 0.1) is 22.1 Å². The van der Waals surface area contributed by atoms with E-state index >= 15 is 0 Å². The minimum absolute atomic E-state index is 1.17. The van der Waals surface area contributed by atoms with Crippen molar-refractivity contribution in [2.45, 2.75) is 0 Å². The SMILES string of the molecule is c1ccc(-c2ccc(-n3c4ccccc4c4cc5c(cc43)c3ccccc3n5-c3ccccc3)cc2)cc1. The van der Waals surface area contributed by atoms with Crippen molar-refractivity contribution in [3.8, 4) is 22.5 Å². The Kier molecular flexibility index (Phi) is 4.55. The Bertz CT molecular complexity index is 2100. The molecule has 0 saturated carbocycles. The fraction of sp³-hybridized carbons (Fsp3) is 0. The van der Waals surface area contributed by atoms with Crippen LogP contribution in [0.1, 0.15) is 0 Å². The molecule has 8 aromatic rings. The number of rotatable bonds is 3. The van der Waals surface area contributed by atoms with Crippen molar-refractivity contribution in [3.05, 3.63) is 146 Å². The lowest BCUT2D eigenvalue weighted by Gasteiger charge is -2.10. The molecule has 2 nitrogen and oxygen atoms in total. The maximum atomic E-state index is 2.41. The average molecular weight is 485 g/mol. The van der Waals surface area contributed by atoms with E-state index in [2.05, 4.69) is 155 Å². The van der Waals surface area contributed by atoms with Gasteiger partial charge in [-0.1, -0.05) is 97.1 Å². The zero-order chi connectivity index (χ0) is 25.1. The number of nitrogens with zero attached hydrogens (tertiary/aromatic N) is 2. The summed E-state index contributed by atoms with van der Waals surface area (Å²) in [4.78, 5) is 0. The van der Waals surface area contributed by atoms with E-state index in [0.29, 0.717) is 0 Å². The molecule has 0 aliphatic carbocycles. The van der Waals surface area contributed by atoms with E-state index in [9.17, 15) is 0 Å². The van der Waals surface area contributed by atoms with Gasteiger partial charge in [0.15, 0.2) is 0 Å². The summed E-state index contributed by atoms with van der Waals surface area (Å²) in [6.45, 7) is 0. The highest BCUT2D eigenvalue weighted by atomic mass is 15.0. The Labute approximate surface area is 220 Å². The predicted molar refractivity (Wildman–Crippen MR) is 161 cm³/mol. The minimum Gasteiger partial charge on any atom is -0.309 e. The first-order chi connectivity index (χ1) is 18.9. The van der Waals surface area contributed by atoms with Crippen molar-refractivity contribution in [2.24, 2.45) is 0 Å². The third-order valence-corrected chi connectivity index (χ3v) is 7.71. The molecule has 6 aromatic carbocycles. The normalized spacial score (nSPS) is 11.7. The van der Waals surface area contributed by atoms with E-state index in [4.69, 9.17) is 0 Å². The quantitative estimate of drug-likeness (QED) is 0.236. The van der Waals surface area contributed by atoms with Gasteiger partial charge < -0.3 is 9.13 Å². The smallest absolute Gasteiger partial charge is 0.0548 e. The lowest BCUT2D eigenvalue weighted by molar-refractivity contribution is 1.17. The third kappa shape index (κ3) is 3.07. The number of hydrogen-bond acceptors (Lipinski definition) is 0. The molecule has 0 atom stereocenters. The molecule has 0 spiro atoms. The van der Waals surface area contributed by atoms with Gasteiger partial charge in [-0.3, -0.25) is 0 Å². The van der Waals surface area contributed by atoms with E-state index < -0.39 is 0 Å². The van der Waals surface area contributed by atoms with Crippen LogP contribution in [-0.2, 0) is 0 Å². The Morgan fingerprint density at radius 2 is 0.711 bits per heavy atom. The largest absolute Gasteiger partial charge is 0.309 e. The van der Waals surface area contributed by atoms with Crippen molar-refractivity contribution in [2.75, 3.05) is 0 Å². The van der Waals surface area contributed by atoms with Crippen LogP contribution in [0.15, 0.2) is 146 Å². The van der Waals surface area contributed by atoms with Gasteiger partial charge in [-0.15, -0.1) is 0 Å². The Hall–Kier alpha value is -5.08. The molecule has 2 aromatic heterocycles. The van der Waals surface area contributed by atoms with E-state index in [0.717, 1.165) is 0 Å². The molecular weight excluding hydrogens is 460 g/mol. The summed E-state index contributed by atoms with van der Waals surface area (Å²) in [6.07, 6.45) is 0. The van der Waals surface area contributed by atoms with Crippen LogP contribution in [0.5, 0.6) is 0 Å². The van der Waals surface area contributed by atoms with Crippen molar-refractivity contribution < 1.29 is 0 Å². The standard InChI is InChI=1S/C36H24N2/c1-3-11-25(12-4-1)26-19-21-28(22-20-26)38-34-18-10-8-16-30(34)32-23-35-31(24-36(32)38)29-15-7-9-17-33(29)37(35)27-13-5-2-6-14-27/h1-24H. The first-order valence-electron chi connectivity index (χ1n) is 13.0. The molecule has 0 aliphatic rings. The molecule has 2 heterocycles. The summed E-state index contributed by atoms with van der Waals surface area (Å²) in [5.41, 5.74) is 9.71. The van der Waals surface area contributed by atoms with Crippen LogP contribution in [-0.4, -0.2) is 9.13 Å². The second-order valence-corrected chi connectivity index (χ2v) is 9.84. The molecule has 38 heavy (non-hydrogen) atoms. The maximum Gasteiger partial charge on any atom is 0.0548 e. The Morgan fingerprint density at radius 1 is 0.289 bits per heavy atom. The topological polar surface area (TPSA) is 9.86 Å². The number of para-hydroxylation sites is 3. The van der Waals surface area contributed by atoms with Crippen molar-refractivity contribution in [1.82, 2.24) is 9.13 Å². The van der Waals surface area contributed by atoms with Gasteiger partial charge in [0.25, 0.3) is 0 Å². The molecule has 0 fully saturated rings. The van der Waals surface area contributed by atoms with Gasteiger partial charge in [-0.05, 0) is 59.7 Å². The summed E-state index contributed by atoms with van der Waals surface area (Å²) in [6, 6.07) is 52.4. The minimum atomic E-state index is 1.17. The summed E-state index contributed by atoms with van der Waals surface area (Å²) in [5.74, 6) is 0. The van der Waals surface area contributed by atoms with E-state index in [1.54, 1.807) is 0 Å². The molecule has 0 radical (unpaired) electrons. The van der Waals surface area contributed by atoms with Gasteiger partial charge in [-0.25, -0.2) is 0 Å². The third-order valence-electron chi connectivity index (χ3n) is 7.71. The number of benzene rings is 6. The first-order valence-corrected chi connectivity index (χ1v) is 13.0. The highest BCUT2D eigenvalue weighted by molar-refractivity contribution is 6.19. The highest BCUT2D eigenvalue weighted by Gasteiger charge is 2.18. The lowest BCUT2D eigenvalue weighted by atomic mass is 10.1. The fourth-order valence-corrected chi connectivity index (χ4v) is 6.00. The van der Waals surface area contributed by atoms with Crippen LogP contribution < -0.4 is 0 Å². The molecular formula is C36H24N2. The molecule has 2 heteroatoms. The molecule has 0 amide bonds. The fourth-order valence-electron chi connectivity index (χ4n) is 6.00. The maximum absolute atomic E-state index is 2.41. The van der Waals surface area contributed by atoms with Crippen LogP contribution >= 0.6 is 0 Å². The summed E-state index contributed by atoms with van der Waals surface area (Å²) < 4.78 is 4.80. The van der Waals surface area contributed by atoms with Crippen molar-refractivity contribution in [1.29, 1.82) is 0 Å². The molecule has 178 valence electrons. The molecule has 8 rings (SSSR count). The van der Waals surface area contributed by atoms with E-state index in [1.165, 1.54) is 66.1 Å². The lowest BCUT2D eigenvalue weighted by Crippen LogP contribution is -1.94. The second-order valence-electron chi connectivity index (χ2n) is 9.84. The van der Waals surface area contributed by atoms with Crippen LogP contribution in [0.4, 0.5) is 0 Å². The zero-order valence-electron chi connectivity index (χ0n) is 20.8. The van der Waals surface area contributed by atoms with Gasteiger partial charge in [0.1, 0.15) is 0 Å². The van der Waals surface area contributed by atoms with Crippen LogP contribution in [0.25, 0.3) is 66.1 Å². The van der Waals surface area contributed by atoms with E-state index in [1.807, 2.05) is 0 Å². The van der Waals surface area contributed by atoms with Gasteiger partial charge in [-0.2, -0.15) is 0 Å². The number of hydrogen-bond donors (Lipinski definition) is 0. The number of aromatic nitrogens is 2. The Balaban J connectivity index is 1.44. The molecule has 0 bridgehead atoms. The summed E-state index contributed by atoms with van der Waals surface area (Å²) in [7, 11) is 0. The van der Waals surface area contributed by atoms with E-state index in [-0.39, 0.29) is 0 Å². The van der Waals surface area contributed by atoms with Gasteiger partial charge >= 0.3 is 0 Å².